The zero-order valence-corrected chi connectivity index (χ0v) is 16.0. The SMILES string of the molecule is C=C1c2ccccc2C(=O)N1CCC(=O)Nc1ccc(-n2ccc(C(N)=O)n2)cc1. The smallest absolute Gasteiger partial charge is 0.269 e. The van der Waals surface area contributed by atoms with Crippen LogP contribution in [0.3, 0.4) is 0 Å². The van der Waals surface area contributed by atoms with Gasteiger partial charge in [0.2, 0.25) is 5.91 Å². The van der Waals surface area contributed by atoms with Crippen molar-refractivity contribution in [2.24, 2.45) is 5.73 Å². The van der Waals surface area contributed by atoms with E-state index in [1.165, 1.54) is 15.6 Å². The zero-order valence-electron chi connectivity index (χ0n) is 16.0. The molecule has 2 heterocycles. The Kier molecular flexibility index (Phi) is 4.89. The summed E-state index contributed by atoms with van der Waals surface area (Å²) in [6.07, 6.45) is 1.77. The number of carbonyl (C=O) groups is 3. The van der Waals surface area contributed by atoms with Crippen LogP contribution in [0.1, 0.15) is 32.8 Å². The van der Waals surface area contributed by atoms with Crippen molar-refractivity contribution in [1.29, 1.82) is 0 Å². The van der Waals surface area contributed by atoms with Crippen LogP contribution < -0.4 is 11.1 Å². The van der Waals surface area contributed by atoms with Gasteiger partial charge in [-0.3, -0.25) is 14.4 Å². The molecule has 0 atom stereocenters. The van der Waals surface area contributed by atoms with Gasteiger partial charge in [0, 0.05) is 41.7 Å². The second kappa shape index (κ2) is 7.67. The average Bonchev–Trinajstić information content (AvgIpc) is 3.32. The van der Waals surface area contributed by atoms with E-state index in [9.17, 15) is 14.4 Å². The first kappa shape index (κ1) is 19.1. The summed E-state index contributed by atoms with van der Waals surface area (Å²) in [6, 6.07) is 15.8. The molecule has 0 fully saturated rings. The Labute approximate surface area is 172 Å². The predicted octanol–water partition coefficient (Wildman–Crippen LogP) is 2.43. The van der Waals surface area contributed by atoms with E-state index >= 15 is 0 Å². The highest BCUT2D eigenvalue weighted by atomic mass is 16.2. The minimum Gasteiger partial charge on any atom is -0.364 e. The molecule has 3 amide bonds. The first-order valence-electron chi connectivity index (χ1n) is 9.30. The predicted molar refractivity (Wildman–Crippen MR) is 112 cm³/mol. The molecule has 150 valence electrons. The highest BCUT2D eigenvalue weighted by molar-refractivity contribution is 6.09. The lowest BCUT2D eigenvalue weighted by atomic mass is 10.1. The second-order valence-corrected chi connectivity index (χ2v) is 6.80. The molecular weight excluding hydrogens is 382 g/mol. The van der Waals surface area contributed by atoms with Gasteiger partial charge in [0.1, 0.15) is 5.69 Å². The van der Waals surface area contributed by atoms with Crippen LogP contribution in [0, 0.1) is 0 Å². The molecule has 0 saturated carbocycles. The maximum absolute atomic E-state index is 12.5. The fraction of sp³-hybridized carbons (Fsp3) is 0.0909. The van der Waals surface area contributed by atoms with Gasteiger partial charge in [0.15, 0.2) is 0 Å². The van der Waals surface area contributed by atoms with E-state index in [0.29, 0.717) is 16.9 Å². The summed E-state index contributed by atoms with van der Waals surface area (Å²) in [5, 5.41) is 6.89. The van der Waals surface area contributed by atoms with E-state index in [1.807, 2.05) is 18.2 Å². The van der Waals surface area contributed by atoms with E-state index in [-0.39, 0.29) is 30.5 Å². The van der Waals surface area contributed by atoms with Crippen LogP contribution in [-0.4, -0.2) is 38.9 Å². The number of hydrogen-bond donors (Lipinski definition) is 2. The van der Waals surface area contributed by atoms with Crippen molar-refractivity contribution in [2.75, 3.05) is 11.9 Å². The van der Waals surface area contributed by atoms with Crippen LogP contribution in [0.25, 0.3) is 11.4 Å². The molecular formula is C22H19N5O3. The summed E-state index contributed by atoms with van der Waals surface area (Å²) in [4.78, 5) is 37.5. The third-order valence-electron chi connectivity index (χ3n) is 4.86. The van der Waals surface area contributed by atoms with Crippen molar-refractivity contribution in [3.05, 3.63) is 84.2 Å². The van der Waals surface area contributed by atoms with Crippen LogP contribution in [0.15, 0.2) is 67.4 Å². The highest BCUT2D eigenvalue weighted by Gasteiger charge is 2.30. The summed E-state index contributed by atoms with van der Waals surface area (Å²) < 4.78 is 1.52. The largest absolute Gasteiger partial charge is 0.364 e. The van der Waals surface area contributed by atoms with Crippen molar-refractivity contribution in [2.45, 2.75) is 6.42 Å². The van der Waals surface area contributed by atoms with E-state index in [1.54, 1.807) is 36.5 Å². The van der Waals surface area contributed by atoms with E-state index in [0.717, 1.165) is 11.3 Å². The maximum atomic E-state index is 12.5. The Balaban J connectivity index is 1.35. The Morgan fingerprint density at radius 1 is 1.03 bits per heavy atom. The summed E-state index contributed by atoms with van der Waals surface area (Å²) >= 11 is 0. The number of rotatable bonds is 6. The van der Waals surface area contributed by atoms with Gasteiger partial charge in [-0.15, -0.1) is 0 Å². The van der Waals surface area contributed by atoms with Gasteiger partial charge in [-0.05, 0) is 36.4 Å². The molecule has 8 nitrogen and oxygen atoms in total. The minimum absolute atomic E-state index is 0.137. The lowest BCUT2D eigenvalue weighted by Gasteiger charge is -2.17. The molecule has 1 aliphatic heterocycles. The lowest BCUT2D eigenvalue weighted by molar-refractivity contribution is -0.116. The molecule has 3 N–H and O–H groups in total. The second-order valence-electron chi connectivity index (χ2n) is 6.80. The molecule has 3 aromatic rings. The van der Waals surface area contributed by atoms with Gasteiger partial charge in [-0.2, -0.15) is 5.10 Å². The van der Waals surface area contributed by atoms with Crippen LogP contribution >= 0.6 is 0 Å². The molecule has 0 radical (unpaired) electrons. The first-order valence-corrected chi connectivity index (χ1v) is 9.30. The molecule has 2 aromatic carbocycles. The van der Waals surface area contributed by atoms with Gasteiger partial charge in [0.25, 0.3) is 11.8 Å². The molecule has 4 rings (SSSR count). The van der Waals surface area contributed by atoms with Crippen LogP contribution in [0.4, 0.5) is 5.69 Å². The van der Waals surface area contributed by atoms with Gasteiger partial charge in [-0.1, -0.05) is 24.8 Å². The third kappa shape index (κ3) is 3.58. The number of nitrogens with one attached hydrogen (secondary N) is 1. The van der Waals surface area contributed by atoms with Crippen molar-refractivity contribution < 1.29 is 14.4 Å². The normalized spacial score (nSPS) is 12.7. The number of nitrogens with two attached hydrogens (primary N) is 1. The molecule has 0 bridgehead atoms. The number of fused-ring (bicyclic) bond motifs is 1. The third-order valence-corrected chi connectivity index (χ3v) is 4.86. The lowest BCUT2D eigenvalue weighted by Crippen LogP contribution is -2.27. The van der Waals surface area contributed by atoms with E-state index < -0.39 is 5.91 Å². The number of primary amides is 1. The van der Waals surface area contributed by atoms with E-state index in [2.05, 4.69) is 17.0 Å². The Morgan fingerprint density at radius 3 is 2.37 bits per heavy atom. The number of anilines is 1. The van der Waals surface area contributed by atoms with Crippen LogP contribution in [-0.2, 0) is 4.79 Å². The Bertz CT molecular complexity index is 1130. The molecule has 8 heteroatoms. The number of benzene rings is 2. The Hall–Kier alpha value is -4.20. The van der Waals surface area contributed by atoms with Crippen LogP contribution in [0.5, 0.6) is 0 Å². The van der Waals surface area contributed by atoms with E-state index in [4.69, 9.17) is 5.73 Å². The van der Waals surface area contributed by atoms with Gasteiger partial charge in [-0.25, -0.2) is 4.68 Å². The van der Waals surface area contributed by atoms with Crippen molar-refractivity contribution >= 4 is 29.1 Å². The maximum Gasteiger partial charge on any atom is 0.269 e. The molecule has 30 heavy (non-hydrogen) atoms. The fourth-order valence-corrected chi connectivity index (χ4v) is 3.30. The topological polar surface area (TPSA) is 110 Å². The molecule has 0 aliphatic carbocycles. The summed E-state index contributed by atoms with van der Waals surface area (Å²) in [6.45, 7) is 4.23. The number of aromatic nitrogens is 2. The minimum atomic E-state index is -0.597. The summed E-state index contributed by atoms with van der Waals surface area (Å²) in [5.41, 5.74) is 8.74. The number of carbonyl (C=O) groups excluding carboxylic acids is 3. The number of nitrogens with zero attached hydrogens (tertiary/aromatic N) is 3. The molecule has 1 aliphatic rings. The average molecular weight is 401 g/mol. The molecule has 0 saturated heterocycles. The van der Waals surface area contributed by atoms with Crippen molar-refractivity contribution in [1.82, 2.24) is 14.7 Å². The van der Waals surface area contributed by atoms with Gasteiger partial charge >= 0.3 is 0 Å². The molecule has 0 spiro atoms. The standard InChI is InChI=1S/C22H19N5O3/c1-14-17-4-2-3-5-18(17)22(30)26(14)12-11-20(28)24-15-6-8-16(9-7-15)27-13-10-19(25-27)21(23)29/h2-10,13H,1,11-12H2,(H2,23,29)(H,24,28). The molecule has 1 aromatic heterocycles. The molecule has 0 unspecified atom stereocenters. The summed E-state index contributed by atoms with van der Waals surface area (Å²) in [5.74, 6) is -0.948. The van der Waals surface area contributed by atoms with Crippen molar-refractivity contribution in [3.8, 4) is 5.69 Å². The first-order chi connectivity index (χ1) is 14.4. The fourth-order valence-electron chi connectivity index (χ4n) is 3.30. The van der Waals surface area contributed by atoms with Gasteiger partial charge < -0.3 is 16.0 Å². The van der Waals surface area contributed by atoms with Crippen molar-refractivity contribution in [3.63, 3.8) is 0 Å². The number of amides is 3. The van der Waals surface area contributed by atoms with Gasteiger partial charge in [0.05, 0.1) is 5.69 Å². The Morgan fingerprint density at radius 2 is 1.73 bits per heavy atom. The highest BCUT2D eigenvalue weighted by Crippen LogP contribution is 2.31. The summed E-state index contributed by atoms with van der Waals surface area (Å²) in [7, 11) is 0. The zero-order chi connectivity index (χ0) is 21.3. The van der Waals surface area contributed by atoms with Crippen LogP contribution in [0.2, 0.25) is 0 Å². The monoisotopic (exact) mass is 401 g/mol. The number of hydrogen-bond acceptors (Lipinski definition) is 4. The quantitative estimate of drug-likeness (QED) is 0.661.